The van der Waals surface area contributed by atoms with Crippen molar-refractivity contribution in [3.05, 3.63) is 89.7 Å². The van der Waals surface area contributed by atoms with Gasteiger partial charge in [0.25, 0.3) is 0 Å². The summed E-state index contributed by atoms with van der Waals surface area (Å²) in [7, 11) is 0. The molecular formula is C21H21N3O. The van der Waals surface area contributed by atoms with E-state index in [1.54, 1.807) is 6.20 Å². The van der Waals surface area contributed by atoms with E-state index in [-0.39, 0.29) is 5.91 Å². The Morgan fingerprint density at radius 3 is 2.48 bits per heavy atom. The molecule has 126 valence electrons. The predicted molar refractivity (Wildman–Crippen MR) is 102 cm³/mol. The first kappa shape index (κ1) is 16.7. The molecule has 3 aromatic rings. The van der Waals surface area contributed by atoms with Gasteiger partial charge in [0.15, 0.2) is 0 Å². The molecule has 0 atom stereocenters. The number of aryl methyl sites for hydroxylation is 1. The molecule has 1 heterocycles. The number of nitrogens with one attached hydrogen (secondary N) is 2. The van der Waals surface area contributed by atoms with E-state index in [9.17, 15) is 4.79 Å². The molecule has 0 unspecified atom stereocenters. The highest BCUT2D eigenvalue weighted by atomic mass is 16.1. The van der Waals surface area contributed by atoms with Crippen molar-refractivity contribution in [2.45, 2.75) is 19.9 Å². The lowest BCUT2D eigenvalue weighted by molar-refractivity contribution is -0.115. The molecule has 0 spiro atoms. The summed E-state index contributed by atoms with van der Waals surface area (Å²) in [4.78, 5) is 16.4. The van der Waals surface area contributed by atoms with Crippen molar-refractivity contribution in [1.82, 2.24) is 4.98 Å². The highest BCUT2D eigenvalue weighted by Crippen LogP contribution is 2.15. The molecule has 0 saturated carbocycles. The highest BCUT2D eigenvalue weighted by Gasteiger charge is 2.04. The third kappa shape index (κ3) is 5.18. The van der Waals surface area contributed by atoms with Crippen LogP contribution in [0.25, 0.3) is 0 Å². The second kappa shape index (κ2) is 8.11. The Morgan fingerprint density at radius 1 is 0.960 bits per heavy atom. The maximum absolute atomic E-state index is 12.2. The molecule has 4 nitrogen and oxygen atoms in total. The Labute approximate surface area is 147 Å². The molecule has 0 bridgehead atoms. The number of anilines is 2. The van der Waals surface area contributed by atoms with E-state index >= 15 is 0 Å². The van der Waals surface area contributed by atoms with E-state index in [2.05, 4.69) is 15.6 Å². The average Bonchev–Trinajstić information content (AvgIpc) is 2.62. The van der Waals surface area contributed by atoms with Gasteiger partial charge in [-0.05, 0) is 48.9 Å². The molecule has 3 rings (SSSR count). The average molecular weight is 331 g/mol. The van der Waals surface area contributed by atoms with Gasteiger partial charge in [-0.2, -0.15) is 0 Å². The zero-order chi connectivity index (χ0) is 17.5. The van der Waals surface area contributed by atoms with Crippen molar-refractivity contribution >= 4 is 17.3 Å². The van der Waals surface area contributed by atoms with E-state index in [0.29, 0.717) is 13.0 Å². The van der Waals surface area contributed by atoms with E-state index in [1.807, 2.05) is 73.7 Å². The number of carbonyl (C=O) groups excluding carboxylic acids is 1. The van der Waals surface area contributed by atoms with E-state index in [4.69, 9.17) is 0 Å². The molecule has 4 heteroatoms. The molecule has 0 aliphatic heterocycles. The molecule has 1 aromatic heterocycles. The highest BCUT2D eigenvalue weighted by molar-refractivity contribution is 5.92. The molecule has 25 heavy (non-hydrogen) atoms. The standard InChI is InChI=1S/C21H21N3O/c1-16-5-4-6-17(13-16)14-21(25)24-19-10-8-18(9-11-19)23-15-20-7-2-3-12-22-20/h2-13,23H,14-15H2,1H3,(H,24,25). The van der Waals surface area contributed by atoms with Gasteiger partial charge in [-0.25, -0.2) is 0 Å². The zero-order valence-electron chi connectivity index (χ0n) is 14.2. The van der Waals surface area contributed by atoms with Gasteiger partial charge < -0.3 is 10.6 Å². The Balaban J connectivity index is 1.52. The fourth-order valence-electron chi connectivity index (χ4n) is 2.58. The molecular weight excluding hydrogens is 310 g/mol. The third-order valence-electron chi connectivity index (χ3n) is 3.82. The van der Waals surface area contributed by atoms with Gasteiger partial charge >= 0.3 is 0 Å². The lowest BCUT2D eigenvalue weighted by atomic mass is 10.1. The smallest absolute Gasteiger partial charge is 0.228 e. The van der Waals surface area contributed by atoms with Crippen molar-refractivity contribution < 1.29 is 4.79 Å². The van der Waals surface area contributed by atoms with Crippen molar-refractivity contribution in [2.75, 3.05) is 10.6 Å². The fraction of sp³-hybridized carbons (Fsp3) is 0.143. The summed E-state index contributed by atoms with van der Waals surface area (Å²) in [6, 6.07) is 21.5. The van der Waals surface area contributed by atoms with Crippen LogP contribution < -0.4 is 10.6 Å². The maximum atomic E-state index is 12.2. The maximum Gasteiger partial charge on any atom is 0.228 e. The van der Waals surface area contributed by atoms with Crippen LogP contribution in [-0.2, 0) is 17.8 Å². The van der Waals surface area contributed by atoms with Gasteiger partial charge in [-0.1, -0.05) is 35.9 Å². The van der Waals surface area contributed by atoms with Crippen LogP contribution in [0.15, 0.2) is 72.9 Å². The predicted octanol–water partition coefficient (Wildman–Crippen LogP) is 4.18. The number of nitrogens with zero attached hydrogens (tertiary/aromatic N) is 1. The van der Waals surface area contributed by atoms with Crippen molar-refractivity contribution in [2.24, 2.45) is 0 Å². The molecule has 0 aliphatic carbocycles. The Kier molecular flexibility index (Phi) is 5.42. The fourth-order valence-corrected chi connectivity index (χ4v) is 2.58. The number of aromatic nitrogens is 1. The summed E-state index contributed by atoms with van der Waals surface area (Å²) in [5.41, 5.74) is 4.95. The second-order valence-corrected chi connectivity index (χ2v) is 5.97. The zero-order valence-corrected chi connectivity index (χ0v) is 14.2. The largest absolute Gasteiger partial charge is 0.379 e. The monoisotopic (exact) mass is 331 g/mol. The number of amides is 1. The first-order valence-corrected chi connectivity index (χ1v) is 8.28. The molecule has 0 aliphatic rings. The molecule has 2 N–H and O–H groups in total. The normalized spacial score (nSPS) is 10.3. The lowest BCUT2D eigenvalue weighted by Crippen LogP contribution is -2.14. The van der Waals surface area contributed by atoms with Gasteiger partial charge in [0, 0.05) is 17.6 Å². The summed E-state index contributed by atoms with van der Waals surface area (Å²) >= 11 is 0. The van der Waals surface area contributed by atoms with Crippen LogP contribution in [0.3, 0.4) is 0 Å². The van der Waals surface area contributed by atoms with E-state index in [1.165, 1.54) is 0 Å². The minimum atomic E-state index is -0.0141. The molecule has 0 saturated heterocycles. The Bertz CT molecular complexity index is 829. The number of hydrogen-bond acceptors (Lipinski definition) is 3. The first-order chi connectivity index (χ1) is 12.2. The number of carbonyl (C=O) groups is 1. The van der Waals surface area contributed by atoms with Gasteiger partial charge in [0.2, 0.25) is 5.91 Å². The minimum Gasteiger partial charge on any atom is -0.379 e. The topological polar surface area (TPSA) is 54.0 Å². The van der Waals surface area contributed by atoms with Crippen LogP contribution in [0.2, 0.25) is 0 Å². The molecule has 1 amide bonds. The van der Waals surface area contributed by atoms with Crippen LogP contribution in [0.1, 0.15) is 16.8 Å². The Hall–Kier alpha value is -3.14. The Morgan fingerprint density at radius 2 is 1.76 bits per heavy atom. The molecule has 0 fully saturated rings. The SMILES string of the molecule is Cc1cccc(CC(=O)Nc2ccc(NCc3ccccn3)cc2)c1. The minimum absolute atomic E-state index is 0.0141. The van der Waals surface area contributed by atoms with Gasteiger partial charge in [-0.15, -0.1) is 0 Å². The van der Waals surface area contributed by atoms with E-state index in [0.717, 1.165) is 28.2 Å². The van der Waals surface area contributed by atoms with Crippen LogP contribution >= 0.6 is 0 Å². The quantitative estimate of drug-likeness (QED) is 0.712. The number of benzene rings is 2. The van der Waals surface area contributed by atoms with Crippen LogP contribution in [0.4, 0.5) is 11.4 Å². The van der Waals surface area contributed by atoms with Crippen molar-refractivity contribution in [3.63, 3.8) is 0 Å². The van der Waals surface area contributed by atoms with Crippen LogP contribution in [0.5, 0.6) is 0 Å². The summed E-state index contributed by atoms with van der Waals surface area (Å²) in [5, 5.41) is 6.24. The summed E-state index contributed by atoms with van der Waals surface area (Å²) in [6.07, 6.45) is 2.16. The van der Waals surface area contributed by atoms with Crippen LogP contribution in [0, 0.1) is 6.92 Å². The first-order valence-electron chi connectivity index (χ1n) is 8.28. The molecule has 0 radical (unpaired) electrons. The summed E-state index contributed by atoms with van der Waals surface area (Å²) in [5.74, 6) is -0.0141. The lowest BCUT2D eigenvalue weighted by Gasteiger charge is -2.09. The van der Waals surface area contributed by atoms with Gasteiger partial charge in [-0.3, -0.25) is 9.78 Å². The summed E-state index contributed by atoms with van der Waals surface area (Å²) in [6.45, 7) is 2.69. The number of hydrogen-bond donors (Lipinski definition) is 2. The summed E-state index contributed by atoms with van der Waals surface area (Å²) < 4.78 is 0. The van der Waals surface area contributed by atoms with Gasteiger partial charge in [0.1, 0.15) is 0 Å². The van der Waals surface area contributed by atoms with Gasteiger partial charge in [0.05, 0.1) is 18.7 Å². The van der Waals surface area contributed by atoms with E-state index < -0.39 is 0 Å². The van der Waals surface area contributed by atoms with Crippen molar-refractivity contribution in [1.29, 1.82) is 0 Å². The van der Waals surface area contributed by atoms with Crippen molar-refractivity contribution in [3.8, 4) is 0 Å². The third-order valence-corrected chi connectivity index (χ3v) is 3.82. The molecule has 2 aromatic carbocycles. The number of pyridine rings is 1. The van der Waals surface area contributed by atoms with Crippen LogP contribution in [-0.4, -0.2) is 10.9 Å². The second-order valence-electron chi connectivity index (χ2n) is 5.97. The number of rotatable bonds is 6.